The summed E-state index contributed by atoms with van der Waals surface area (Å²) in [5.41, 5.74) is 1.82. The topological polar surface area (TPSA) is 17.1 Å². The van der Waals surface area contributed by atoms with E-state index in [1.807, 2.05) is 66.1 Å². The van der Waals surface area contributed by atoms with Crippen molar-refractivity contribution in [2.75, 3.05) is 0 Å². The lowest BCUT2D eigenvalue weighted by molar-refractivity contribution is 0.104. The van der Waals surface area contributed by atoms with Gasteiger partial charge in [-0.25, -0.2) is 0 Å². The van der Waals surface area contributed by atoms with E-state index in [9.17, 15) is 4.79 Å². The summed E-state index contributed by atoms with van der Waals surface area (Å²) < 4.78 is 1.15. The minimum atomic E-state index is 0.0568. The molecule has 0 aliphatic heterocycles. The predicted molar refractivity (Wildman–Crippen MR) is 81.6 cm³/mol. The van der Waals surface area contributed by atoms with Crippen LogP contribution in [0.1, 0.15) is 15.9 Å². The molecule has 0 fully saturated rings. The maximum absolute atomic E-state index is 12.2. The fraction of sp³-hybridized carbons (Fsp3) is 0. The summed E-state index contributed by atoms with van der Waals surface area (Å²) in [6.45, 7) is 0. The standard InChI is InChI=1S/C17H12OS/c18-16(11-10-13-6-2-1-3-7-13)15-12-19-17-9-5-4-8-14(15)17/h1-12H/b11-10+. The van der Waals surface area contributed by atoms with Gasteiger partial charge in [0.15, 0.2) is 5.78 Å². The summed E-state index contributed by atoms with van der Waals surface area (Å²) in [5, 5.41) is 2.97. The van der Waals surface area contributed by atoms with Gasteiger partial charge in [-0.1, -0.05) is 54.6 Å². The molecule has 0 saturated heterocycles. The van der Waals surface area contributed by atoms with Crippen LogP contribution in [-0.4, -0.2) is 5.78 Å². The summed E-state index contributed by atoms with van der Waals surface area (Å²) in [6.07, 6.45) is 3.50. The molecule has 1 heterocycles. The van der Waals surface area contributed by atoms with Crippen molar-refractivity contribution in [3.63, 3.8) is 0 Å². The molecule has 0 saturated carbocycles. The second kappa shape index (κ2) is 5.21. The third-order valence-corrected chi connectivity index (χ3v) is 3.94. The number of ketones is 1. The number of carbonyl (C=O) groups excluding carboxylic acids is 1. The van der Waals surface area contributed by atoms with Crippen molar-refractivity contribution in [2.24, 2.45) is 0 Å². The highest BCUT2D eigenvalue weighted by Crippen LogP contribution is 2.26. The first-order chi connectivity index (χ1) is 9.34. The monoisotopic (exact) mass is 264 g/mol. The van der Waals surface area contributed by atoms with Crippen molar-refractivity contribution in [3.05, 3.63) is 77.2 Å². The SMILES string of the molecule is O=C(/C=C/c1ccccc1)c1csc2ccccc12. The van der Waals surface area contributed by atoms with Crippen molar-refractivity contribution in [1.29, 1.82) is 0 Å². The first-order valence-electron chi connectivity index (χ1n) is 6.08. The van der Waals surface area contributed by atoms with Gasteiger partial charge in [-0.05, 0) is 17.7 Å². The van der Waals surface area contributed by atoms with E-state index in [1.165, 1.54) is 0 Å². The van der Waals surface area contributed by atoms with E-state index >= 15 is 0 Å². The number of hydrogen-bond donors (Lipinski definition) is 0. The molecular weight excluding hydrogens is 252 g/mol. The molecule has 92 valence electrons. The maximum Gasteiger partial charge on any atom is 0.187 e. The van der Waals surface area contributed by atoms with E-state index in [-0.39, 0.29) is 5.78 Å². The Morgan fingerprint density at radius 2 is 1.68 bits per heavy atom. The van der Waals surface area contributed by atoms with Gasteiger partial charge in [0.25, 0.3) is 0 Å². The summed E-state index contributed by atoms with van der Waals surface area (Å²) in [7, 11) is 0. The number of benzene rings is 2. The normalized spacial score (nSPS) is 11.2. The molecule has 3 aromatic rings. The molecule has 1 aromatic heterocycles. The van der Waals surface area contributed by atoms with Crippen LogP contribution in [0.5, 0.6) is 0 Å². The minimum absolute atomic E-state index is 0.0568. The smallest absolute Gasteiger partial charge is 0.187 e. The lowest BCUT2D eigenvalue weighted by Crippen LogP contribution is -1.91. The summed E-state index contributed by atoms with van der Waals surface area (Å²) in [6, 6.07) is 17.8. The van der Waals surface area contributed by atoms with Crippen LogP contribution in [0.4, 0.5) is 0 Å². The zero-order valence-corrected chi connectivity index (χ0v) is 11.1. The Bertz CT molecular complexity index is 738. The van der Waals surface area contributed by atoms with Crippen LogP contribution in [0.15, 0.2) is 66.1 Å². The Kier molecular flexibility index (Phi) is 3.25. The molecule has 3 rings (SSSR count). The Balaban J connectivity index is 1.91. The van der Waals surface area contributed by atoms with Gasteiger partial charge in [0.1, 0.15) is 0 Å². The zero-order valence-electron chi connectivity index (χ0n) is 10.2. The molecule has 0 aliphatic rings. The second-order valence-electron chi connectivity index (χ2n) is 4.25. The molecule has 0 radical (unpaired) electrons. The van der Waals surface area contributed by atoms with Crippen LogP contribution in [0.25, 0.3) is 16.2 Å². The zero-order chi connectivity index (χ0) is 13.1. The predicted octanol–water partition coefficient (Wildman–Crippen LogP) is 4.80. The average Bonchev–Trinajstić information content (AvgIpc) is 2.90. The molecule has 0 bridgehead atoms. The number of carbonyl (C=O) groups is 1. The Morgan fingerprint density at radius 1 is 0.947 bits per heavy atom. The molecule has 0 N–H and O–H groups in total. The lowest BCUT2D eigenvalue weighted by atomic mass is 10.1. The molecule has 0 spiro atoms. The molecule has 2 aromatic carbocycles. The average molecular weight is 264 g/mol. The van der Waals surface area contributed by atoms with Crippen molar-refractivity contribution in [2.45, 2.75) is 0 Å². The lowest BCUT2D eigenvalue weighted by Gasteiger charge is -1.94. The summed E-state index contributed by atoms with van der Waals surface area (Å²) in [5.74, 6) is 0.0568. The van der Waals surface area contributed by atoms with Crippen molar-refractivity contribution in [1.82, 2.24) is 0 Å². The van der Waals surface area contributed by atoms with Gasteiger partial charge in [0.2, 0.25) is 0 Å². The number of hydrogen-bond acceptors (Lipinski definition) is 2. The van der Waals surface area contributed by atoms with E-state index in [4.69, 9.17) is 0 Å². The highest BCUT2D eigenvalue weighted by Gasteiger charge is 2.08. The van der Waals surface area contributed by atoms with E-state index in [0.29, 0.717) is 0 Å². The quantitative estimate of drug-likeness (QED) is 0.490. The Morgan fingerprint density at radius 3 is 2.53 bits per heavy atom. The highest BCUT2D eigenvalue weighted by molar-refractivity contribution is 7.17. The van der Waals surface area contributed by atoms with Crippen LogP contribution in [-0.2, 0) is 0 Å². The molecule has 1 nitrogen and oxygen atoms in total. The highest BCUT2D eigenvalue weighted by atomic mass is 32.1. The maximum atomic E-state index is 12.2. The van der Waals surface area contributed by atoms with Gasteiger partial charge >= 0.3 is 0 Å². The van der Waals surface area contributed by atoms with Gasteiger partial charge in [0, 0.05) is 21.0 Å². The van der Waals surface area contributed by atoms with Crippen LogP contribution >= 0.6 is 11.3 Å². The van der Waals surface area contributed by atoms with E-state index in [0.717, 1.165) is 21.2 Å². The van der Waals surface area contributed by atoms with E-state index in [1.54, 1.807) is 17.4 Å². The molecule has 0 aliphatic carbocycles. The van der Waals surface area contributed by atoms with Gasteiger partial charge in [-0.15, -0.1) is 11.3 Å². The summed E-state index contributed by atoms with van der Waals surface area (Å²) >= 11 is 1.61. The molecule has 0 amide bonds. The first kappa shape index (κ1) is 11.9. The van der Waals surface area contributed by atoms with Gasteiger partial charge in [-0.3, -0.25) is 4.79 Å². The number of allylic oxidation sites excluding steroid dienone is 1. The molecular formula is C17H12OS. The van der Waals surface area contributed by atoms with E-state index in [2.05, 4.69) is 0 Å². The van der Waals surface area contributed by atoms with Gasteiger partial charge < -0.3 is 0 Å². The molecule has 0 atom stereocenters. The number of fused-ring (bicyclic) bond motifs is 1. The van der Waals surface area contributed by atoms with E-state index < -0.39 is 0 Å². The van der Waals surface area contributed by atoms with Crippen LogP contribution in [0.2, 0.25) is 0 Å². The Hall–Kier alpha value is -2.19. The minimum Gasteiger partial charge on any atom is -0.289 e. The second-order valence-corrected chi connectivity index (χ2v) is 5.17. The number of rotatable bonds is 3. The Labute approximate surface area is 115 Å². The number of thiophene rings is 1. The van der Waals surface area contributed by atoms with Crippen molar-refractivity contribution < 1.29 is 4.79 Å². The van der Waals surface area contributed by atoms with Crippen molar-refractivity contribution in [3.8, 4) is 0 Å². The van der Waals surface area contributed by atoms with Crippen LogP contribution in [0.3, 0.4) is 0 Å². The largest absolute Gasteiger partial charge is 0.289 e. The molecule has 0 unspecified atom stereocenters. The third kappa shape index (κ3) is 2.49. The van der Waals surface area contributed by atoms with Gasteiger partial charge in [0.05, 0.1) is 0 Å². The third-order valence-electron chi connectivity index (χ3n) is 2.97. The van der Waals surface area contributed by atoms with Crippen LogP contribution in [0, 0.1) is 0 Å². The fourth-order valence-corrected chi connectivity index (χ4v) is 2.94. The van der Waals surface area contributed by atoms with Crippen LogP contribution < -0.4 is 0 Å². The van der Waals surface area contributed by atoms with Gasteiger partial charge in [-0.2, -0.15) is 0 Å². The first-order valence-corrected chi connectivity index (χ1v) is 6.96. The molecule has 19 heavy (non-hydrogen) atoms. The fourth-order valence-electron chi connectivity index (χ4n) is 1.99. The molecule has 2 heteroatoms. The summed E-state index contributed by atoms with van der Waals surface area (Å²) in [4.78, 5) is 12.2. The van der Waals surface area contributed by atoms with Crippen molar-refractivity contribution >= 4 is 33.3 Å².